The number of hydrogen-bond acceptors (Lipinski definition) is 2. The van der Waals surface area contributed by atoms with Gasteiger partial charge in [-0.25, -0.2) is 0 Å². The molecular weight excluding hydrogens is 280 g/mol. The summed E-state index contributed by atoms with van der Waals surface area (Å²) in [5, 5.41) is 0. The smallest absolute Gasteiger partial charge is 0.0531 e. The first-order valence-corrected chi connectivity index (χ1v) is 11.0. The van der Waals surface area contributed by atoms with E-state index in [0.29, 0.717) is 5.41 Å². The van der Waals surface area contributed by atoms with Crippen molar-refractivity contribution in [2.75, 3.05) is 11.5 Å². The van der Waals surface area contributed by atoms with Crippen LogP contribution in [-0.4, -0.2) is 16.1 Å². The van der Waals surface area contributed by atoms with Crippen LogP contribution in [0.15, 0.2) is 0 Å². The number of thioether (sulfide) groups is 2. The molecule has 2 aliphatic rings. The van der Waals surface area contributed by atoms with Crippen molar-refractivity contribution in [1.82, 2.24) is 0 Å². The van der Waals surface area contributed by atoms with Crippen molar-refractivity contribution in [2.45, 2.75) is 83.1 Å². The summed E-state index contributed by atoms with van der Waals surface area (Å²) in [6.07, 6.45) is 13.2. The molecule has 0 spiro atoms. The van der Waals surface area contributed by atoms with Gasteiger partial charge in [-0.15, -0.1) is 23.5 Å². The summed E-state index contributed by atoms with van der Waals surface area (Å²) >= 11 is 4.61. The minimum absolute atomic E-state index is 0.626. The molecule has 0 atom stereocenters. The van der Waals surface area contributed by atoms with E-state index in [2.05, 4.69) is 44.3 Å². The third-order valence-corrected chi connectivity index (χ3v) is 9.27. The normalized spacial score (nSPS) is 38.9. The molecule has 0 amide bonds. The molecule has 1 aliphatic heterocycles. The highest BCUT2D eigenvalue weighted by molar-refractivity contribution is 8.17. The van der Waals surface area contributed by atoms with E-state index < -0.39 is 0 Å². The van der Waals surface area contributed by atoms with Crippen LogP contribution in [0.4, 0.5) is 0 Å². The lowest BCUT2D eigenvalue weighted by Gasteiger charge is -2.41. The van der Waals surface area contributed by atoms with Gasteiger partial charge in [-0.05, 0) is 36.5 Å². The summed E-state index contributed by atoms with van der Waals surface area (Å²) in [5.41, 5.74) is 0.626. The minimum Gasteiger partial charge on any atom is -0.147 e. The van der Waals surface area contributed by atoms with Crippen molar-refractivity contribution in [3.63, 3.8) is 0 Å². The van der Waals surface area contributed by atoms with Crippen LogP contribution in [0.1, 0.15) is 78.6 Å². The maximum Gasteiger partial charge on any atom is 0.0531 e. The van der Waals surface area contributed by atoms with Crippen LogP contribution in [0.25, 0.3) is 0 Å². The largest absolute Gasteiger partial charge is 0.147 e. The van der Waals surface area contributed by atoms with Crippen molar-refractivity contribution in [3.8, 4) is 0 Å². The van der Waals surface area contributed by atoms with Gasteiger partial charge in [-0.2, -0.15) is 0 Å². The molecule has 0 aromatic heterocycles. The Bertz CT molecular complexity index is 261. The fourth-order valence-electron chi connectivity index (χ4n) is 3.83. The zero-order valence-electron chi connectivity index (χ0n) is 13.8. The second-order valence-corrected chi connectivity index (χ2v) is 10.0. The number of hydrogen-bond donors (Lipinski definition) is 0. The van der Waals surface area contributed by atoms with E-state index in [1.807, 2.05) is 0 Å². The average Bonchev–Trinajstić information content (AvgIpc) is 2.47. The Balaban J connectivity index is 1.72. The van der Waals surface area contributed by atoms with Crippen molar-refractivity contribution in [2.24, 2.45) is 17.3 Å². The standard InChI is InChI=1S/C18H34S2/c1-4-6-12-18(3)13-19-17(20-14-18)16-10-8-15(7-5-2)9-11-16/h15-17H,4-14H2,1-3H3. The highest BCUT2D eigenvalue weighted by Crippen LogP contribution is 2.49. The van der Waals surface area contributed by atoms with Crippen LogP contribution in [0, 0.1) is 17.3 Å². The molecule has 20 heavy (non-hydrogen) atoms. The zero-order valence-corrected chi connectivity index (χ0v) is 15.5. The van der Waals surface area contributed by atoms with Crippen LogP contribution in [0.3, 0.4) is 0 Å². The van der Waals surface area contributed by atoms with Gasteiger partial charge in [-0.3, -0.25) is 0 Å². The van der Waals surface area contributed by atoms with Gasteiger partial charge in [0, 0.05) is 11.5 Å². The summed E-state index contributed by atoms with van der Waals surface area (Å²) in [5.74, 6) is 4.91. The molecule has 1 aliphatic carbocycles. The van der Waals surface area contributed by atoms with Crippen molar-refractivity contribution < 1.29 is 0 Å². The molecule has 0 unspecified atom stereocenters. The summed E-state index contributed by atoms with van der Waals surface area (Å²) in [6, 6.07) is 0. The maximum atomic E-state index is 2.52. The molecule has 2 fully saturated rings. The van der Waals surface area contributed by atoms with Gasteiger partial charge < -0.3 is 0 Å². The van der Waals surface area contributed by atoms with E-state index in [9.17, 15) is 0 Å². The lowest BCUT2D eigenvalue weighted by molar-refractivity contribution is 0.272. The highest BCUT2D eigenvalue weighted by atomic mass is 32.2. The van der Waals surface area contributed by atoms with E-state index in [1.54, 1.807) is 0 Å². The SMILES string of the molecule is CCCCC1(C)CSC(C2CCC(CCC)CC2)SC1. The first-order chi connectivity index (χ1) is 9.67. The lowest BCUT2D eigenvalue weighted by Crippen LogP contribution is -2.33. The Labute approximate surface area is 135 Å². The quantitative estimate of drug-likeness (QED) is 0.542. The molecule has 1 saturated carbocycles. The van der Waals surface area contributed by atoms with E-state index in [0.717, 1.165) is 16.4 Å². The Morgan fingerprint density at radius 2 is 1.60 bits per heavy atom. The average molecular weight is 315 g/mol. The van der Waals surface area contributed by atoms with E-state index in [1.165, 1.54) is 69.3 Å². The van der Waals surface area contributed by atoms with Gasteiger partial charge >= 0.3 is 0 Å². The molecule has 2 heteroatoms. The summed E-state index contributed by atoms with van der Waals surface area (Å²) in [7, 11) is 0. The number of unbranched alkanes of at least 4 members (excludes halogenated alkanes) is 1. The van der Waals surface area contributed by atoms with Crippen molar-refractivity contribution >= 4 is 23.5 Å². The van der Waals surface area contributed by atoms with E-state index >= 15 is 0 Å². The zero-order chi connectivity index (χ0) is 14.4. The fourth-order valence-corrected chi connectivity index (χ4v) is 7.47. The molecule has 2 rings (SSSR count). The van der Waals surface area contributed by atoms with Gasteiger partial charge in [0.1, 0.15) is 0 Å². The van der Waals surface area contributed by atoms with E-state index in [4.69, 9.17) is 0 Å². The Kier molecular flexibility index (Phi) is 7.13. The van der Waals surface area contributed by atoms with Gasteiger partial charge in [0.15, 0.2) is 0 Å². The molecular formula is C18H34S2. The molecule has 0 aromatic carbocycles. The van der Waals surface area contributed by atoms with Crippen LogP contribution in [-0.2, 0) is 0 Å². The van der Waals surface area contributed by atoms with Crippen molar-refractivity contribution in [3.05, 3.63) is 0 Å². The van der Waals surface area contributed by atoms with Gasteiger partial charge in [0.2, 0.25) is 0 Å². The first kappa shape index (κ1) is 17.1. The molecule has 0 N–H and O–H groups in total. The molecule has 0 aromatic rings. The van der Waals surface area contributed by atoms with Crippen LogP contribution in [0.5, 0.6) is 0 Å². The van der Waals surface area contributed by atoms with Gasteiger partial charge in [-0.1, -0.05) is 59.3 Å². The summed E-state index contributed by atoms with van der Waals surface area (Å²) < 4.78 is 0.923. The third-order valence-electron chi connectivity index (χ3n) is 5.30. The number of rotatable bonds is 6. The second kappa shape index (κ2) is 8.36. The maximum absolute atomic E-state index is 2.52. The molecule has 0 radical (unpaired) electrons. The monoisotopic (exact) mass is 314 g/mol. The topological polar surface area (TPSA) is 0 Å². The summed E-state index contributed by atoms with van der Waals surface area (Å²) in [6.45, 7) is 7.19. The van der Waals surface area contributed by atoms with Crippen LogP contribution >= 0.6 is 23.5 Å². The molecule has 1 heterocycles. The fraction of sp³-hybridized carbons (Fsp3) is 1.00. The Morgan fingerprint density at radius 3 is 2.15 bits per heavy atom. The molecule has 0 nitrogen and oxygen atoms in total. The highest BCUT2D eigenvalue weighted by Gasteiger charge is 2.36. The van der Waals surface area contributed by atoms with Crippen LogP contribution in [0.2, 0.25) is 0 Å². The lowest BCUT2D eigenvalue weighted by atomic mass is 9.81. The third kappa shape index (κ3) is 4.87. The molecule has 118 valence electrons. The predicted molar refractivity (Wildman–Crippen MR) is 96.7 cm³/mol. The second-order valence-electron chi connectivity index (χ2n) is 7.47. The summed E-state index contributed by atoms with van der Waals surface area (Å²) in [4.78, 5) is 0. The van der Waals surface area contributed by atoms with E-state index in [-0.39, 0.29) is 0 Å². The Morgan fingerprint density at radius 1 is 0.950 bits per heavy atom. The minimum atomic E-state index is 0.626. The van der Waals surface area contributed by atoms with Gasteiger partial charge in [0.25, 0.3) is 0 Å². The first-order valence-electron chi connectivity index (χ1n) is 8.90. The predicted octanol–water partition coefficient (Wildman–Crippen LogP) is 6.60. The molecule has 1 saturated heterocycles. The van der Waals surface area contributed by atoms with Crippen LogP contribution < -0.4 is 0 Å². The van der Waals surface area contributed by atoms with Crippen molar-refractivity contribution in [1.29, 1.82) is 0 Å². The molecule has 0 bridgehead atoms. The van der Waals surface area contributed by atoms with Gasteiger partial charge in [0.05, 0.1) is 4.58 Å². The Hall–Kier alpha value is 0.700.